The van der Waals surface area contributed by atoms with Gasteiger partial charge in [-0.3, -0.25) is 4.79 Å². The largest absolute Gasteiger partial charge is 0.495 e. The standard InChI is InChI=1S/C20H21ClN4O4S/c1-29-19-7-6-17(30(27,28)23-8-3-10-25-11-9-22-14-25)13-18(19)24-20(26)15-4-2-5-16(21)12-15/h2,4-7,9,11-14,23H,3,8,10H2,1H3,(H,24,26). The minimum Gasteiger partial charge on any atom is -0.495 e. The van der Waals surface area contributed by atoms with Gasteiger partial charge in [0, 0.05) is 36.1 Å². The van der Waals surface area contributed by atoms with Gasteiger partial charge in [-0.05, 0) is 42.8 Å². The first-order chi connectivity index (χ1) is 14.4. The van der Waals surface area contributed by atoms with Gasteiger partial charge in [0.1, 0.15) is 5.75 Å². The maximum atomic E-state index is 12.6. The number of imidazole rings is 1. The van der Waals surface area contributed by atoms with Crippen LogP contribution in [0.25, 0.3) is 0 Å². The Hall–Kier alpha value is -2.88. The van der Waals surface area contributed by atoms with E-state index in [1.54, 1.807) is 30.7 Å². The highest BCUT2D eigenvalue weighted by atomic mass is 35.5. The van der Waals surface area contributed by atoms with Crippen LogP contribution in [0.15, 0.2) is 66.1 Å². The molecule has 0 aliphatic carbocycles. The molecule has 2 aromatic carbocycles. The molecule has 0 bridgehead atoms. The number of carbonyl (C=O) groups excluding carboxylic acids is 1. The van der Waals surface area contributed by atoms with Crippen molar-refractivity contribution in [3.8, 4) is 5.75 Å². The number of aromatic nitrogens is 2. The molecule has 0 unspecified atom stereocenters. The SMILES string of the molecule is COc1ccc(S(=O)(=O)NCCCn2ccnc2)cc1NC(=O)c1cccc(Cl)c1. The van der Waals surface area contributed by atoms with Crippen LogP contribution in [0, 0.1) is 0 Å². The summed E-state index contributed by atoms with van der Waals surface area (Å²) >= 11 is 5.93. The summed E-state index contributed by atoms with van der Waals surface area (Å²) in [6.45, 7) is 0.906. The zero-order chi connectivity index (χ0) is 21.6. The van der Waals surface area contributed by atoms with Crippen LogP contribution in [0.2, 0.25) is 5.02 Å². The molecule has 8 nitrogen and oxygen atoms in total. The van der Waals surface area contributed by atoms with Crippen LogP contribution >= 0.6 is 11.6 Å². The molecule has 0 aliphatic rings. The third-order valence-corrected chi connectivity index (χ3v) is 5.95. The van der Waals surface area contributed by atoms with Crippen molar-refractivity contribution in [2.45, 2.75) is 17.9 Å². The number of carbonyl (C=O) groups is 1. The lowest BCUT2D eigenvalue weighted by Gasteiger charge is -2.13. The lowest BCUT2D eigenvalue weighted by Crippen LogP contribution is -2.25. The molecule has 0 aliphatic heterocycles. The number of methoxy groups -OCH3 is 1. The van der Waals surface area contributed by atoms with Crippen LogP contribution in [0.3, 0.4) is 0 Å². The van der Waals surface area contributed by atoms with E-state index in [-0.39, 0.29) is 17.1 Å². The van der Waals surface area contributed by atoms with Crippen molar-refractivity contribution in [1.29, 1.82) is 0 Å². The van der Waals surface area contributed by atoms with Crippen LogP contribution in [0.4, 0.5) is 5.69 Å². The van der Waals surface area contributed by atoms with Crippen molar-refractivity contribution in [3.63, 3.8) is 0 Å². The van der Waals surface area contributed by atoms with Gasteiger partial charge in [-0.15, -0.1) is 0 Å². The van der Waals surface area contributed by atoms with Crippen molar-refractivity contribution in [1.82, 2.24) is 14.3 Å². The quantitative estimate of drug-likeness (QED) is 0.489. The monoisotopic (exact) mass is 448 g/mol. The highest BCUT2D eigenvalue weighted by Crippen LogP contribution is 2.28. The molecular weight excluding hydrogens is 428 g/mol. The third-order valence-electron chi connectivity index (χ3n) is 4.26. The molecule has 2 N–H and O–H groups in total. The van der Waals surface area contributed by atoms with Gasteiger partial charge >= 0.3 is 0 Å². The molecule has 1 heterocycles. The van der Waals surface area contributed by atoms with E-state index in [0.717, 1.165) is 0 Å². The maximum absolute atomic E-state index is 12.6. The number of nitrogens with zero attached hydrogens (tertiary/aromatic N) is 2. The number of hydrogen-bond acceptors (Lipinski definition) is 5. The molecule has 0 spiro atoms. The van der Waals surface area contributed by atoms with Gasteiger partial charge in [-0.2, -0.15) is 0 Å². The molecular formula is C20H21ClN4O4S. The second kappa shape index (κ2) is 9.75. The second-order valence-corrected chi connectivity index (χ2v) is 8.58. The topological polar surface area (TPSA) is 102 Å². The van der Waals surface area contributed by atoms with E-state index < -0.39 is 15.9 Å². The van der Waals surface area contributed by atoms with Gasteiger partial charge in [0.05, 0.1) is 24.0 Å². The molecule has 0 atom stereocenters. The van der Waals surface area contributed by atoms with E-state index in [0.29, 0.717) is 29.3 Å². The van der Waals surface area contributed by atoms with E-state index in [4.69, 9.17) is 16.3 Å². The third kappa shape index (κ3) is 5.59. The summed E-state index contributed by atoms with van der Waals surface area (Å²) in [6, 6.07) is 10.7. The predicted molar refractivity (Wildman–Crippen MR) is 114 cm³/mol. The average molecular weight is 449 g/mol. The predicted octanol–water partition coefficient (Wildman–Crippen LogP) is 3.17. The summed E-state index contributed by atoms with van der Waals surface area (Å²) < 4.78 is 35.0. The lowest BCUT2D eigenvalue weighted by atomic mass is 10.2. The van der Waals surface area contributed by atoms with Crippen LogP contribution in [0.5, 0.6) is 5.75 Å². The molecule has 3 aromatic rings. The van der Waals surface area contributed by atoms with Crippen molar-refractivity contribution >= 4 is 33.2 Å². The Balaban J connectivity index is 1.71. The number of anilines is 1. The van der Waals surface area contributed by atoms with E-state index in [1.165, 1.54) is 31.4 Å². The maximum Gasteiger partial charge on any atom is 0.255 e. The van der Waals surface area contributed by atoms with Crippen molar-refractivity contribution < 1.29 is 17.9 Å². The molecule has 0 radical (unpaired) electrons. The van der Waals surface area contributed by atoms with E-state index in [1.807, 2.05) is 10.8 Å². The number of rotatable bonds is 9. The number of sulfonamides is 1. The van der Waals surface area contributed by atoms with E-state index in [9.17, 15) is 13.2 Å². The Kier molecular flexibility index (Phi) is 7.09. The number of hydrogen-bond donors (Lipinski definition) is 2. The van der Waals surface area contributed by atoms with Crippen LogP contribution in [-0.2, 0) is 16.6 Å². The Bertz CT molecular complexity index is 1120. The number of amides is 1. The minimum atomic E-state index is -3.76. The first-order valence-corrected chi connectivity index (χ1v) is 11.0. The van der Waals surface area contributed by atoms with Gasteiger partial charge in [-0.1, -0.05) is 17.7 Å². The number of benzene rings is 2. The molecule has 158 valence electrons. The minimum absolute atomic E-state index is 0.0207. The molecule has 0 saturated carbocycles. The Morgan fingerprint density at radius 2 is 2.07 bits per heavy atom. The summed E-state index contributed by atoms with van der Waals surface area (Å²) in [6.07, 6.45) is 5.75. The zero-order valence-corrected chi connectivity index (χ0v) is 17.8. The number of halogens is 1. The van der Waals surface area contributed by atoms with Crippen LogP contribution in [0.1, 0.15) is 16.8 Å². The van der Waals surface area contributed by atoms with Crippen molar-refractivity contribution in [2.24, 2.45) is 0 Å². The molecule has 0 saturated heterocycles. The molecule has 1 amide bonds. The second-order valence-electron chi connectivity index (χ2n) is 6.38. The highest BCUT2D eigenvalue weighted by Gasteiger charge is 2.18. The van der Waals surface area contributed by atoms with Crippen molar-refractivity contribution in [2.75, 3.05) is 19.0 Å². The smallest absolute Gasteiger partial charge is 0.255 e. The lowest BCUT2D eigenvalue weighted by molar-refractivity contribution is 0.102. The fourth-order valence-electron chi connectivity index (χ4n) is 2.75. The number of nitrogens with one attached hydrogen (secondary N) is 2. The first-order valence-electron chi connectivity index (χ1n) is 9.09. The molecule has 3 rings (SSSR count). The Labute approximate surface area is 179 Å². The molecule has 0 fully saturated rings. The summed E-state index contributed by atoms with van der Waals surface area (Å²) in [5.74, 6) is -0.0944. The van der Waals surface area contributed by atoms with Gasteiger partial charge < -0.3 is 14.6 Å². The summed E-state index contributed by atoms with van der Waals surface area (Å²) in [5.41, 5.74) is 0.583. The van der Waals surface area contributed by atoms with Crippen LogP contribution in [-0.4, -0.2) is 37.5 Å². The molecule has 10 heteroatoms. The average Bonchev–Trinajstić information content (AvgIpc) is 3.25. The van der Waals surface area contributed by atoms with Gasteiger partial charge in [0.15, 0.2) is 0 Å². The number of aryl methyl sites for hydroxylation is 1. The van der Waals surface area contributed by atoms with Crippen molar-refractivity contribution in [3.05, 3.63) is 71.8 Å². The fraction of sp³-hybridized carbons (Fsp3) is 0.200. The highest BCUT2D eigenvalue weighted by molar-refractivity contribution is 7.89. The van der Waals surface area contributed by atoms with E-state index in [2.05, 4.69) is 15.0 Å². The van der Waals surface area contributed by atoms with Gasteiger partial charge in [0.2, 0.25) is 10.0 Å². The fourth-order valence-corrected chi connectivity index (χ4v) is 4.04. The Morgan fingerprint density at radius 1 is 1.23 bits per heavy atom. The van der Waals surface area contributed by atoms with Gasteiger partial charge in [0.25, 0.3) is 5.91 Å². The van der Waals surface area contributed by atoms with E-state index >= 15 is 0 Å². The number of ether oxygens (including phenoxy) is 1. The summed E-state index contributed by atoms with van der Waals surface area (Å²) in [7, 11) is -2.32. The summed E-state index contributed by atoms with van der Waals surface area (Å²) in [5, 5.41) is 3.10. The Morgan fingerprint density at radius 3 is 2.77 bits per heavy atom. The first kappa shape index (κ1) is 21.8. The van der Waals surface area contributed by atoms with Crippen LogP contribution < -0.4 is 14.8 Å². The normalized spacial score (nSPS) is 11.3. The molecule has 1 aromatic heterocycles. The van der Waals surface area contributed by atoms with Gasteiger partial charge in [-0.25, -0.2) is 18.1 Å². The zero-order valence-electron chi connectivity index (χ0n) is 16.2. The summed E-state index contributed by atoms with van der Waals surface area (Å²) in [4.78, 5) is 16.5. The molecule has 30 heavy (non-hydrogen) atoms.